The first kappa shape index (κ1) is 19.9. The molecule has 1 fully saturated rings. The van der Waals surface area contributed by atoms with E-state index in [1.807, 2.05) is 36.4 Å². The summed E-state index contributed by atoms with van der Waals surface area (Å²) < 4.78 is 39.4. The quantitative estimate of drug-likeness (QED) is 0.572. The van der Waals surface area contributed by atoms with Crippen LogP contribution in [0.1, 0.15) is 40.5 Å². The number of amides is 1. The summed E-state index contributed by atoms with van der Waals surface area (Å²) in [5.74, 6) is 0.456. The molecule has 1 aliphatic carbocycles. The molecule has 6 nitrogen and oxygen atoms in total. The van der Waals surface area contributed by atoms with Crippen molar-refractivity contribution in [3.63, 3.8) is 0 Å². The first-order chi connectivity index (χ1) is 14.4. The molecule has 0 spiro atoms. The van der Waals surface area contributed by atoms with Gasteiger partial charge in [0.05, 0.1) is 16.9 Å². The summed E-state index contributed by atoms with van der Waals surface area (Å²) in [5, 5.41) is 10.3. The molecule has 2 heterocycles. The van der Waals surface area contributed by atoms with Crippen LogP contribution in [0.15, 0.2) is 54.7 Å². The van der Waals surface area contributed by atoms with Gasteiger partial charge in [-0.25, -0.2) is 9.67 Å². The van der Waals surface area contributed by atoms with Crippen LogP contribution in [0.25, 0.3) is 5.69 Å². The number of nitrogens with zero attached hydrogens (tertiary/aromatic N) is 3. The van der Waals surface area contributed by atoms with E-state index in [0.717, 1.165) is 36.5 Å². The van der Waals surface area contributed by atoms with E-state index in [1.165, 1.54) is 6.07 Å². The Morgan fingerprint density at radius 3 is 2.50 bits per heavy atom. The Bertz CT molecular complexity index is 1010. The third-order valence-electron chi connectivity index (χ3n) is 4.76. The summed E-state index contributed by atoms with van der Waals surface area (Å²) in [7, 11) is 0. The van der Waals surface area contributed by atoms with Crippen LogP contribution in [0.3, 0.4) is 0 Å². The number of para-hydroxylation sites is 1. The van der Waals surface area contributed by atoms with Crippen molar-refractivity contribution in [3.8, 4) is 5.69 Å². The van der Waals surface area contributed by atoms with Crippen molar-refractivity contribution in [3.05, 3.63) is 71.7 Å². The maximum atomic E-state index is 12.7. The molecule has 0 atom stereocenters. The molecule has 0 unspecified atom stereocenters. The van der Waals surface area contributed by atoms with Crippen LogP contribution in [-0.2, 0) is 6.18 Å². The van der Waals surface area contributed by atoms with Crippen LogP contribution in [0.2, 0.25) is 0 Å². The summed E-state index contributed by atoms with van der Waals surface area (Å²) in [5.41, 5.74) is 1.37. The number of carbonyl (C=O) groups excluding carboxylic acids is 1. The molecule has 156 valence electrons. The molecule has 1 aromatic carbocycles. The summed E-state index contributed by atoms with van der Waals surface area (Å²) in [6.07, 6.45) is -1.48. The fourth-order valence-corrected chi connectivity index (χ4v) is 3.03. The predicted octanol–water partition coefficient (Wildman–Crippen LogP) is 4.01. The first-order valence-corrected chi connectivity index (χ1v) is 9.62. The molecule has 0 saturated heterocycles. The Balaban J connectivity index is 1.36. The molecule has 3 aromatic rings. The lowest BCUT2D eigenvalue weighted by molar-refractivity contribution is -0.137. The molecule has 0 aliphatic heterocycles. The Morgan fingerprint density at radius 2 is 1.87 bits per heavy atom. The topological polar surface area (TPSA) is 71.8 Å². The molecule has 2 N–H and O–H groups in total. The predicted molar refractivity (Wildman–Crippen MR) is 106 cm³/mol. The molecule has 1 aliphatic rings. The number of aromatic nitrogens is 3. The van der Waals surface area contributed by atoms with Gasteiger partial charge in [0.1, 0.15) is 11.5 Å². The van der Waals surface area contributed by atoms with E-state index in [2.05, 4.69) is 20.7 Å². The SMILES string of the molecule is O=C(NCCNc1ccc(C(F)(F)F)cn1)c1cc(C2CC2)nn1-c1ccccc1. The average molecular weight is 415 g/mol. The Kier molecular flexibility index (Phi) is 5.43. The van der Waals surface area contributed by atoms with E-state index < -0.39 is 11.7 Å². The number of pyridine rings is 1. The van der Waals surface area contributed by atoms with Crippen molar-refractivity contribution in [1.29, 1.82) is 0 Å². The van der Waals surface area contributed by atoms with Gasteiger partial charge in [0.2, 0.25) is 0 Å². The number of alkyl halides is 3. The number of anilines is 1. The van der Waals surface area contributed by atoms with Crippen molar-refractivity contribution in [2.75, 3.05) is 18.4 Å². The third-order valence-corrected chi connectivity index (χ3v) is 4.76. The smallest absolute Gasteiger partial charge is 0.368 e. The Hall–Kier alpha value is -3.36. The maximum absolute atomic E-state index is 12.7. The highest BCUT2D eigenvalue weighted by molar-refractivity contribution is 5.93. The van der Waals surface area contributed by atoms with Crippen LogP contribution in [-0.4, -0.2) is 33.8 Å². The number of benzene rings is 1. The maximum Gasteiger partial charge on any atom is 0.417 e. The Labute approximate surface area is 171 Å². The minimum atomic E-state index is -4.42. The fourth-order valence-electron chi connectivity index (χ4n) is 3.03. The van der Waals surface area contributed by atoms with Crippen LogP contribution in [0, 0.1) is 0 Å². The molecule has 4 rings (SSSR count). The highest BCUT2D eigenvalue weighted by Crippen LogP contribution is 2.39. The molecular weight excluding hydrogens is 395 g/mol. The van der Waals surface area contributed by atoms with Gasteiger partial charge in [-0.1, -0.05) is 18.2 Å². The van der Waals surface area contributed by atoms with E-state index in [-0.39, 0.29) is 12.5 Å². The summed E-state index contributed by atoms with van der Waals surface area (Å²) in [6, 6.07) is 13.5. The van der Waals surface area contributed by atoms with Gasteiger partial charge < -0.3 is 10.6 Å². The highest BCUT2D eigenvalue weighted by atomic mass is 19.4. The zero-order valence-corrected chi connectivity index (χ0v) is 16.0. The standard InChI is InChI=1S/C21H20F3N5O/c22-21(23,24)15-8-9-19(27-13-15)25-10-11-26-20(30)18-12-17(14-6-7-14)28-29(18)16-4-2-1-3-5-16/h1-5,8-9,12-14H,6-7,10-11H2,(H,25,27)(H,26,30). The van der Waals surface area contributed by atoms with Crippen LogP contribution in [0.4, 0.5) is 19.0 Å². The lowest BCUT2D eigenvalue weighted by Crippen LogP contribution is -2.30. The van der Waals surface area contributed by atoms with E-state index in [1.54, 1.807) is 4.68 Å². The molecule has 0 bridgehead atoms. The van der Waals surface area contributed by atoms with Gasteiger partial charge in [-0.15, -0.1) is 0 Å². The van der Waals surface area contributed by atoms with Gasteiger partial charge in [0.25, 0.3) is 5.91 Å². The van der Waals surface area contributed by atoms with Crippen LogP contribution >= 0.6 is 0 Å². The zero-order chi connectivity index (χ0) is 21.1. The van der Waals surface area contributed by atoms with Crippen molar-refractivity contribution >= 4 is 11.7 Å². The first-order valence-electron chi connectivity index (χ1n) is 9.62. The second kappa shape index (κ2) is 8.17. The van der Waals surface area contributed by atoms with Crippen molar-refractivity contribution in [2.24, 2.45) is 0 Å². The summed E-state index contributed by atoms with van der Waals surface area (Å²) in [4.78, 5) is 16.5. The number of halogens is 3. The van der Waals surface area contributed by atoms with E-state index in [9.17, 15) is 18.0 Å². The van der Waals surface area contributed by atoms with Gasteiger partial charge in [-0.2, -0.15) is 18.3 Å². The molecule has 0 radical (unpaired) electrons. The van der Waals surface area contributed by atoms with Crippen molar-refractivity contribution < 1.29 is 18.0 Å². The van der Waals surface area contributed by atoms with Gasteiger partial charge in [-0.05, 0) is 43.2 Å². The zero-order valence-electron chi connectivity index (χ0n) is 16.0. The molecule has 2 aromatic heterocycles. The van der Waals surface area contributed by atoms with Gasteiger partial charge in [0, 0.05) is 25.2 Å². The fraction of sp³-hybridized carbons (Fsp3) is 0.286. The molecule has 9 heteroatoms. The van der Waals surface area contributed by atoms with E-state index in [4.69, 9.17) is 0 Å². The van der Waals surface area contributed by atoms with Crippen molar-refractivity contribution in [2.45, 2.75) is 24.9 Å². The molecule has 1 saturated carbocycles. The summed E-state index contributed by atoms with van der Waals surface area (Å²) >= 11 is 0. The number of hydrogen-bond acceptors (Lipinski definition) is 4. The molecule has 1 amide bonds. The summed E-state index contributed by atoms with van der Waals surface area (Å²) in [6.45, 7) is 0.597. The largest absolute Gasteiger partial charge is 0.417 e. The molecular formula is C21H20F3N5O. The van der Waals surface area contributed by atoms with E-state index in [0.29, 0.717) is 24.0 Å². The normalized spacial score (nSPS) is 13.8. The van der Waals surface area contributed by atoms with Gasteiger partial charge >= 0.3 is 6.18 Å². The highest BCUT2D eigenvalue weighted by Gasteiger charge is 2.31. The minimum absolute atomic E-state index is 0.263. The van der Waals surface area contributed by atoms with Gasteiger partial charge in [-0.3, -0.25) is 4.79 Å². The van der Waals surface area contributed by atoms with E-state index >= 15 is 0 Å². The minimum Gasteiger partial charge on any atom is -0.368 e. The van der Waals surface area contributed by atoms with Gasteiger partial charge in [0.15, 0.2) is 0 Å². The number of carbonyl (C=O) groups is 1. The lowest BCUT2D eigenvalue weighted by atomic mass is 10.2. The monoisotopic (exact) mass is 415 g/mol. The Morgan fingerprint density at radius 1 is 1.10 bits per heavy atom. The van der Waals surface area contributed by atoms with Crippen LogP contribution in [0.5, 0.6) is 0 Å². The average Bonchev–Trinajstić information content (AvgIpc) is 3.49. The lowest BCUT2D eigenvalue weighted by Gasteiger charge is -2.10. The number of nitrogens with one attached hydrogen (secondary N) is 2. The number of rotatable bonds is 7. The van der Waals surface area contributed by atoms with Crippen LogP contribution < -0.4 is 10.6 Å². The second-order valence-corrected chi connectivity index (χ2v) is 7.09. The molecule has 30 heavy (non-hydrogen) atoms. The third kappa shape index (κ3) is 4.61. The van der Waals surface area contributed by atoms with Crippen molar-refractivity contribution in [1.82, 2.24) is 20.1 Å². The second-order valence-electron chi connectivity index (χ2n) is 7.09. The number of hydrogen-bond donors (Lipinski definition) is 2.